The first-order chi connectivity index (χ1) is 7.68. The highest BCUT2D eigenvalue weighted by molar-refractivity contribution is 5.92. The fourth-order valence-electron chi connectivity index (χ4n) is 2.00. The lowest BCUT2D eigenvalue weighted by Crippen LogP contribution is -2.42. The van der Waals surface area contributed by atoms with Gasteiger partial charge in [-0.1, -0.05) is 0 Å². The molecule has 2 N–H and O–H groups in total. The van der Waals surface area contributed by atoms with E-state index in [0.717, 1.165) is 19.4 Å². The summed E-state index contributed by atoms with van der Waals surface area (Å²) in [6, 6.07) is 3.53. The van der Waals surface area contributed by atoms with Crippen LogP contribution in [0, 0.1) is 0 Å². The zero-order valence-corrected chi connectivity index (χ0v) is 9.39. The summed E-state index contributed by atoms with van der Waals surface area (Å²) in [6.07, 6.45) is 3.32. The molecule has 16 heavy (non-hydrogen) atoms. The van der Waals surface area contributed by atoms with Crippen LogP contribution in [-0.2, 0) is 0 Å². The van der Waals surface area contributed by atoms with Crippen LogP contribution >= 0.6 is 0 Å². The number of carbonyl (C=O) groups is 1. The van der Waals surface area contributed by atoms with E-state index in [9.17, 15) is 4.79 Å². The Bertz CT molecular complexity index is 376. The molecule has 5 nitrogen and oxygen atoms in total. The zero-order valence-electron chi connectivity index (χ0n) is 9.39. The van der Waals surface area contributed by atoms with E-state index < -0.39 is 0 Å². The van der Waals surface area contributed by atoms with Crippen molar-refractivity contribution in [1.82, 2.24) is 15.1 Å². The van der Waals surface area contributed by atoms with E-state index in [1.165, 1.54) is 6.42 Å². The molecule has 0 aromatic carbocycles. The lowest BCUT2D eigenvalue weighted by molar-refractivity contribution is 0.0628. The largest absolute Gasteiger partial charge is 0.382 e. The number of nitrogen functional groups attached to an aromatic ring is 1. The first kappa shape index (κ1) is 10.9. The Balaban J connectivity index is 2.14. The SMILES string of the molecule is CC1CCCCN1C(=O)c1ccc(N)nn1. The maximum absolute atomic E-state index is 12.1. The third-order valence-electron chi connectivity index (χ3n) is 2.97. The van der Waals surface area contributed by atoms with Crippen LogP contribution in [0.5, 0.6) is 0 Å². The van der Waals surface area contributed by atoms with Gasteiger partial charge in [0.15, 0.2) is 5.69 Å². The fraction of sp³-hybridized carbons (Fsp3) is 0.545. The molecule has 1 fully saturated rings. The normalized spacial score (nSPS) is 20.8. The van der Waals surface area contributed by atoms with Gasteiger partial charge < -0.3 is 10.6 Å². The third-order valence-corrected chi connectivity index (χ3v) is 2.97. The van der Waals surface area contributed by atoms with Gasteiger partial charge in [-0.05, 0) is 38.3 Å². The molecule has 0 aliphatic carbocycles. The highest BCUT2D eigenvalue weighted by Gasteiger charge is 2.25. The van der Waals surface area contributed by atoms with Crippen LogP contribution in [0.15, 0.2) is 12.1 Å². The van der Waals surface area contributed by atoms with Crippen molar-refractivity contribution in [2.45, 2.75) is 32.2 Å². The molecule has 86 valence electrons. The second-order valence-electron chi connectivity index (χ2n) is 4.19. The molecule has 1 saturated heterocycles. The van der Waals surface area contributed by atoms with Gasteiger partial charge in [0.2, 0.25) is 0 Å². The van der Waals surface area contributed by atoms with Crippen molar-refractivity contribution in [1.29, 1.82) is 0 Å². The van der Waals surface area contributed by atoms with Crippen molar-refractivity contribution in [2.75, 3.05) is 12.3 Å². The summed E-state index contributed by atoms with van der Waals surface area (Å²) in [4.78, 5) is 14.0. The van der Waals surface area contributed by atoms with Crippen LogP contribution in [0.4, 0.5) is 5.82 Å². The number of hydrogen-bond donors (Lipinski definition) is 1. The Morgan fingerprint density at radius 3 is 2.88 bits per heavy atom. The summed E-state index contributed by atoms with van der Waals surface area (Å²) < 4.78 is 0. The minimum absolute atomic E-state index is 0.0419. The maximum Gasteiger partial charge on any atom is 0.274 e. The predicted octanol–water partition coefficient (Wildman–Crippen LogP) is 1.07. The van der Waals surface area contributed by atoms with Gasteiger partial charge in [0.05, 0.1) is 0 Å². The second-order valence-corrected chi connectivity index (χ2v) is 4.19. The Kier molecular flexibility index (Phi) is 3.03. The number of rotatable bonds is 1. The van der Waals surface area contributed by atoms with E-state index in [2.05, 4.69) is 17.1 Å². The topological polar surface area (TPSA) is 72.1 Å². The standard InChI is InChI=1S/C11H16N4O/c1-8-4-2-3-7-15(8)11(16)9-5-6-10(12)14-13-9/h5-6,8H,2-4,7H2,1H3,(H2,12,14). The van der Waals surface area contributed by atoms with E-state index in [1.807, 2.05) is 4.90 Å². The molecule has 2 heterocycles. The van der Waals surface area contributed by atoms with Gasteiger partial charge in [0.25, 0.3) is 5.91 Å². The molecular weight excluding hydrogens is 204 g/mol. The van der Waals surface area contributed by atoms with Crippen LogP contribution in [0.1, 0.15) is 36.7 Å². The molecule has 0 bridgehead atoms. The predicted molar refractivity (Wildman–Crippen MR) is 60.8 cm³/mol. The van der Waals surface area contributed by atoms with E-state index in [4.69, 9.17) is 5.73 Å². The summed E-state index contributed by atoms with van der Waals surface area (Å²) in [7, 11) is 0. The van der Waals surface area contributed by atoms with E-state index in [1.54, 1.807) is 12.1 Å². The number of nitrogens with two attached hydrogens (primary N) is 1. The van der Waals surface area contributed by atoms with Crippen molar-refractivity contribution in [2.24, 2.45) is 0 Å². The molecule has 0 radical (unpaired) electrons. The second kappa shape index (κ2) is 4.47. The van der Waals surface area contributed by atoms with Gasteiger partial charge >= 0.3 is 0 Å². The summed E-state index contributed by atoms with van der Waals surface area (Å²) in [5.41, 5.74) is 5.81. The molecule has 1 aromatic rings. The quantitative estimate of drug-likeness (QED) is 0.768. The number of nitrogens with zero attached hydrogens (tertiary/aromatic N) is 3. The first-order valence-electron chi connectivity index (χ1n) is 5.58. The van der Waals surface area contributed by atoms with Gasteiger partial charge in [-0.3, -0.25) is 4.79 Å². The summed E-state index contributed by atoms with van der Waals surface area (Å²) in [5, 5.41) is 7.52. The number of carbonyl (C=O) groups excluding carboxylic acids is 1. The molecule has 0 saturated carbocycles. The smallest absolute Gasteiger partial charge is 0.274 e. The highest BCUT2D eigenvalue weighted by atomic mass is 16.2. The number of amides is 1. The summed E-state index contributed by atoms with van der Waals surface area (Å²) in [6.45, 7) is 2.88. The van der Waals surface area contributed by atoms with Crippen molar-refractivity contribution in [3.63, 3.8) is 0 Å². The number of anilines is 1. The fourth-order valence-corrected chi connectivity index (χ4v) is 2.00. The minimum Gasteiger partial charge on any atom is -0.382 e. The van der Waals surface area contributed by atoms with E-state index >= 15 is 0 Å². The highest BCUT2D eigenvalue weighted by Crippen LogP contribution is 2.18. The number of aromatic nitrogens is 2. The van der Waals surface area contributed by atoms with Crippen molar-refractivity contribution >= 4 is 11.7 Å². The third kappa shape index (κ3) is 2.13. The Hall–Kier alpha value is -1.65. The van der Waals surface area contributed by atoms with Crippen LogP contribution in [-0.4, -0.2) is 33.6 Å². The molecule has 1 amide bonds. The Morgan fingerprint density at radius 1 is 1.44 bits per heavy atom. The van der Waals surface area contributed by atoms with Gasteiger partial charge in [0.1, 0.15) is 5.82 Å². The minimum atomic E-state index is -0.0419. The molecule has 1 aliphatic rings. The van der Waals surface area contributed by atoms with Crippen LogP contribution in [0.3, 0.4) is 0 Å². The van der Waals surface area contributed by atoms with Crippen molar-refractivity contribution < 1.29 is 4.79 Å². The molecule has 1 unspecified atom stereocenters. The maximum atomic E-state index is 12.1. The van der Waals surface area contributed by atoms with Crippen LogP contribution in [0.25, 0.3) is 0 Å². The first-order valence-corrected chi connectivity index (χ1v) is 5.58. The van der Waals surface area contributed by atoms with Gasteiger partial charge in [-0.15, -0.1) is 10.2 Å². The lowest BCUT2D eigenvalue weighted by atomic mass is 10.0. The molecule has 1 aromatic heterocycles. The number of piperidine rings is 1. The van der Waals surface area contributed by atoms with E-state index in [-0.39, 0.29) is 5.91 Å². The van der Waals surface area contributed by atoms with Crippen LogP contribution < -0.4 is 5.73 Å². The lowest BCUT2D eigenvalue weighted by Gasteiger charge is -2.32. The van der Waals surface area contributed by atoms with Gasteiger partial charge in [-0.2, -0.15) is 0 Å². The Labute approximate surface area is 94.6 Å². The van der Waals surface area contributed by atoms with Gasteiger partial charge in [-0.25, -0.2) is 0 Å². The molecule has 1 aliphatic heterocycles. The summed E-state index contributed by atoms with van der Waals surface area (Å²) >= 11 is 0. The van der Waals surface area contributed by atoms with Crippen LogP contribution in [0.2, 0.25) is 0 Å². The average Bonchev–Trinajstić information content (AvgIpc) is 2.30. The molecular formula is C11H16N4O. The summed E-state index contributed by atoms with van der Waals surface area (Å²) in [5.74, 6) is 0.294. The molecule has 0 spiro atoms. The van der Waals surface area contributed by atoms with Crippen molar-refractivity contribution in [3.8, 4) is 0 Å². The molecule has 1 atom stereocenters. The molecule has 5 heteroatoms. The Morgan fingerprint density at radius 2 is 2.25 bits per heavy atom. The van der Waals surface area contributed by atoms with Gasteiger partial charge in [0, 0.05) is 12.6 Å². The molecule has 2 rings (SSSR count). The van der Waals surface area contributed by atoms with Crippen molar-refractivity contribution in [3.05, 3.63) is 17.8 Å². The number of hydrogen-bond acceptors (Lipinski definition) is 4. The zero-order chi connectivity index (χ0) is 11.5. The average molecular weight is 220 g/mol. The van der Waals surface area contributed by atoms with E-state index in [0.29, 0.717) is 17.6 Å². The monoisotopic (exact) mass is 220 g/mol. The number of likely N-dealkylation sites (tertiary alicyclic amines) is 1.